The molecule has 0 unspecified atom stereocenters. The van der Waals surface area contributed by atoms with E-state index in [1.54, 1.807) is 0 Å². The predicted molar refractivity (Wildman–Crippen MR) is 126 cm³/mol. The number of nitrogens with one attached hydrogen (secondary N) is 1. The molecule has 5 heteroatoms. The normalized spacial score (nSPS) is 20.0. The second-order valence-corrected chi connectivity index (χ2v) is 10.3. The molecular formula is C24H32INO3. The maximum Gasteiger partial charge on any atom is 0.304 e. The number of carboxylic acids is 1. The fourth-order valence-electron chi connectivity index (χ4n) is 4.29. The van der Waals surface area contributed by atoms with E-state index >= 15 is 0 Å². The van der Waals surface area contributed by atoms with Crippen molar-refractivity contribution in [2.45, 2.75) is 65.5 Å². The van der Waals surface area contributed by atoms with Crippen LogP contribution in [0.25, 0.3) is 10.8 Å². The van der Waals surface area contributed by atoms with Crippen LogP contribution in [0.4, 0.5) is 0 Å². The molecule has 1 saturated carbocycles. The van der Waals surface area contributed by atoms with Gasteiger partial charge in [-0.15, -0.1) is 0 Å². The van der Waals surface area contributed by atoms with Gasteiger partial charge in [0.25, 0.3) is 0 Å². The number of rotatable bonds is 7. The van der Waals surface area contributed by atoms with E-state index in [1.165, 1.54) is 27.2 Å². The van der Waals surface area contributed by atoms with Crippen LogP contribution in [0.3, 0.4) is 0 Å². The molecule has 2 N–H and O–H groups in total. The molecule has 0 heterocycles. The van der Waals surface area contributed by atoms with Gasteiger partial charge in [-0.2, -0.15) is 0 Å². The first-order valence-corrected chi connectivity index (χ1v) is 11.6. The minimum Gasteiger partial charge on any atom is -0.490 e. The van der Waals surface area contributed by atoms with Crippen molar-refractivity contribution < 1.29 is 14.6 Å². The fraction of sp³-hybridized carbons (Fsp3) is 0.542. The molecule has 3 rings (SSSR count). The third-order valence-corrected chi connectivity index (χ3v) is 6.97. The fourth-order valence-corrected chi connectivity index (χ4v) is 5.04. The number of fused-ring (bicyclic) bond motifs is 1. The smallest absolute Gasteiger partial charge is 0.304 e. The molecule has 0 bridgehead atoms. The molecule has 0 spiro atoms. The van der Waals surface area contributed by atoms with E-state index in [-0.39, 0.29) is 12.5 Å². The van der Waals surface area contributed by atoms with Gasteiger partial charge in [0.15, 0.2) is 0 Å². The molecule has 2 aromatic carbocycles. The maximum atomic E-state index is 10.8. The summed E-state index contributed by atoms with van der Waals surface area (Å²) in [5.41, 5.74) is 1.49. The number of carbonyl (C=O) groups is 1. The summed E-state index contributed by atoms with van der Waals surface area (Å²) in [6.07, 6.45) is 4.99. The lowest BCUT2D eigenvalue weighted by atomic mass is 9.72. The summed E-state index contributed by atoms with van der Waals surface area (Å²) < 4.78 is 7.74. The number of benzene rings is 2. The summed E-state index contributed by atoms with van der Waals surface area (Å²) in [7, 11) is 0. The Labute approximate surface area is 187 Å². The van der Waals surface area contributed by atoms with Crippen LogP contribution in [-0.2, 0) is 11.3 Å². The lowest BCUT2D eigenvalue weighted by Crippen LogP contribution is -2.30. The van der Waals surface area contributed by atoms with Gasteiger partial charge < -0.3 is 15.2 Å². The van der Waals surface area contributed by atoms with Gasteiger partial charge in [0.05, 0.1) is 12.5 Å². The van der Waals surface area contributed by atoms with Gasteiger partial charge in [-0.1, -0.05) is 45.0 Å². The summed E-state index contributed by atoms with van der Waals surface area (Å²) in [4.78, 5) is 10.8. The largest absolute Gasteiger partial charge is 0.490 e. The van der Waals surface area contributed by atoms with Crippen LogP contribution in [0.2, 0.25) is 0 Å². The quantitative estimate of drug-likeness (QED) is 0.356. The predicted octanol–water partition coefficient (Wildman–Crippen LogP) is 5.99. The number of hydrogen-bond acceptors (Lipinski definition) is 3. The van der Waals surface area contributed by atoms with Crippen LogP contribution in [-0.4, -0.2) is 23.7 Å². The van der Waals surface area contributed by atoms with Crippen LogP contribution in [0, 0.1) is 14.9 Å². The first kappa shape index (κ1) is 22.3. The Morgan fingerprint density at radius 1 is 1.17 bits per heavy atom. The molecular weight excluding hydrogens is 477 g/mol. The summed E-state index contributed by atoms with van der Waals surface area (Å²) >= 11 is 2.38. The van der Waals surface area contributed by atoms with Gasteiger partial charge in [0.2, 0.25) is 0 Å². The number of halogens is 1. The lowest BCUT2D eigenvalue weighted by Gasteiger charge is -2.37. The number of hydrogen-bond donors (Lipinski definition) is 2. The molecule has 158 valence electrons. The Hall–Kier alpha value is -1.34. The van der Waals surface area contributed by atoms with Gasteiger partial charge in [0.1, 0.15) is 5.75 Å². The summed E-state index contributed by atoms with van der Waals surface area (Å²) in [5, 5.41) is 14.6. The Bertz CT molecular complexity index is 851. The van der Waals surface area contributed by atoms with Gasteiger partial charge in [-0.3, -0.25) is 4.79 Å². The molecule has 0 radical (unpaired) electrons. The lowest BCUT2D eigenvalue weighted by molar-refractivity contribution is -0.136. The summed E-state index contributed by atoms with van der Waals surface area (Å²) in [6, 6.07) is 10.5. The monoisotopic (exact) mass is 509 g/mol. The molecule has 1 fully saturated rings. The van der Waals surface area contributed by atoms with E-state index in [2.05, 4.69) is 79.0 Å². The second-order valence-electron chi connectivity index (χ2n) is 9.16. The van der Waals surface area contributed by atoms with Gasteiger partial charge in [-0.25, -0.2) is 0 Å². The molecule has 0 saturated heterocycles. The maximum absolute atomic E-state index is 10.8. The van der Waals surface area contributed by atoms with Crippen molar-refractivity contribution in [1.29, 1.82) is 0 Å². The van der Waals surface area contributed by atoms with Crippen molar-refractivity contribution in [3.63, 3.8) is 0 Å². The standard InChI is InChI=1S/C24H32INO3/c1-24(2,3)16-8-10-17(11-9-16)29-22-14-21(25)19-7-5-4-6-18(19)20(22)15-26-13-12-23(27)28/h4-7,14,16-17,26H,8-13,15H2,1-3H3,(H,27,28)/t16-,17-. The molecule has 0 aromatic heterocycles. The van der Waals surface area contributed by atoms with E-state index in [9.17, 15) is 4.79 Å². The zero-order valence-electron chi connectivity index (χ0n) is 17.6. The number of ether oxygens (including phenoxy) is 1. The number of carboxylic acid groups (broad SMARTS) is 1. The SMILES string of the molecule is CC(C)(C)[C@H]1CC[C@H](Oc2cc(I)c3ccccc3c2CNCCC(=O)O)CC1. The Morgan fingerprint density at radius 2 is 1.83 bits per heavy atom. The van der Waals surface area contributed by atoms with Crippen molar-refractivity contribution in [3.8, 4) is 5.75 Å². The van der Waals surface area contributed by atoms with Gasteiger partial charge >= 0.3 is 5.97 Å². The van der Waals surface area contributed by atoms with Crippen molar-refractivity contribution in [2.75, 3.05) is 6.54 Å². The molecule has 0 amide bonds. The molecule has 2 aromatic rings. The average molecular weight is 509 g/mol. The molecule has 4 nitrogen and oxygen atoms in total. The second kappa shape index (κ2) is 9.65. The highest BCUT2D eigenvalue weighted by Crippen LogP contribution is 2.40. The van der Waals surface area contributed by atoms with Crippen molar-refractivity contribution in [1.82, 2.24) is 5.32 Å². The first-order valence-electron chi connectivity index (χ1n) is 10.5. The van der Waals surface area contributed by atoms with Crippen molar-refractivity contribution >= 4 is 39.3 Å². The average Bonchev–Trinajstić information content (AvgIpc) is 2.67. The Kier molecular flexibility index (Phi) is 7.43. The highest BCUT2D eigenvalue weighted by atomic mass is 127. The van der Waals surface area contributed by atoms with Crippen LogP contribution in [0.15, 0.2) is 30.3 Å². The molecule has 1 aliphatic carbocycles. The summed E-state index contributed by atoms with van der Waals surface area (Å²) in [6.45, 7) is 8.07. The van der Waals surface area contributed by atoms with Crippen LogP contribution >= 0.6 is 22.6 Å². The number of aliphatic carboxylic acids is 1. The van der Waals surface area contributed by atoms with E-state index < -0.39 is 5.97 Å². The van der Waals surface area contributed by atoms with Crippen LogP contribution < -0.4 is 10.1 Å². The summed E-state index contributed by atoms with van der Waals surface area (Å²) in [5.74, 6) is 0.920. The van der Waals surface area contributed by atoms with Gasteiger partial charge in [0, 0.05) is 22.2 Å². The third-order valence-electron chi connectivity index (χ3n) is 6.07. The van der Waals surface area contributed by atoms with Crippen LogP contribution in [0.1, 0.15) is 58.4 Å². The van der Waals surface area contributed by atoms with E-state index in [0.717, 1.165) is 30.1 Å². The molecule has 29 heavy (non-hydrogen) atoms. The zero-order chi connectivity index (χ0) is 21.0. The van der Waals surface area contributed by atoms with Crippen molar-refractivity contribution in [2.24, 2.45) is 11.3 Å². The topological polar surface area (TPSA) is 58.6 Å². The zero-order valence-corrected chi connectivity index (χ0v) is 19.8. The Balaban J connectivity index is 1.79. The van der Waals surface area contributed by atoms with Crippen LogP contribution in [0.5, 0.6) is 5.75 Å². The highest BCUT2D eigenvalue weighted by molar-refractivity contribution is 14.1. The third kappa shape index (κ3) is 5.85. The molecule has 1 aliphatic rings. The minimum atomic E-state index is -0.781. The van der Waals surface area contributed by atoms with E-state index in [0.29, 0.717) is 18.5 Å². The molecule has 0 aliphatic heterocycles. The van der Waals surface area contributed by atoms with Crippen molar-refractivity contribution in [3.05, 3.63) is 39.5 Å². The van der Waals surface area contributed by atoms with E-state index in [4.69, 9.17) is 9.84 Å². The minimum absolute atomic E-state index is 0.120. The Morgan fingerprint density at radius 3 is 2.45 bits per heavy atom. The van der Waals surface area contributed by atoms with E-state index in [1.807, 2.05) is 0 Å². The van der Waals surface area contributed by atoms with Gasteiger partial charge in [-0.05, 0) is 76.4 Å². The molecule has 0 atom stereocenters. The highest BCUT2D eigenvalue weighted by Gasteiger charge is 2.30. The first-order chi connectivity index (χ1) is 13.8.